The van der Waals surface area contributed by atoms with Crippen LogP contribution >= 0.6 is 0 Å². The average Bonchev–Trinajstić information content (AvgIpc) is 3.11. The average molecular weight is 395 g/mol. The van der Waals surface area contributed by atoms with Crippen LogP contribution in [0.2, 0.25) is 0 Å². The van der Waals surface area contributed by atoms with Gasteiger partial charge >= 0.3 is 6.03 Å². The molecule has 10 heteroatoms. The van der Waals surface area contributed by atoms with Crippen LogP contribution in [0.25, 0.3) is 0 Å². The molecule has 10 nitrogen and oxygen atoms in total. The van der Waals surface area contributed by atoms with Gasteiger partial charge in [0.1, 0.15) is 0 Å². The molecule has 6 amide bonds. The fourth-order valence-electron chi connectivity index (χ4n) is 2.77. The molecule has 0 spiro atoms. The number of hydrogen-bond donors (Lipinski definition) is 5. The number of fused-ring (bicyclic) bond motifs is 2. The fraction of sp³-hybridized carbons (Fsp3) is 0.105. The highest BCUT2D eigenvalue weighted by Crippen LogP contribution is 2.20. The van der Waals surface area contributed by atoms with E-state index in [1.165, 1.54) is 18.2 Å². The summed E-state index contributed by atoms with van der Waals surface area (Å²) in [4.78, 5) is 56.0. The lowest BCUT2D eigenvalue weighted by atomic mass is 10.1. The standard InChI is InChI=1S/C11H11N3O3.C8H6N2O2/c1-2-12-11(17)13-6-3-4-7-8(5-6)10(16)14-9(7)15;9-4-1-2-5-6(3-4)8(12)10-7(5)11/h3-5H,2H2,1H3,(H2,12,13,17)(H,14,15,16);1-3H,9H2,(H,10,11,12). The number of anilines is 2. The first-order valence-corrected chi connectivity index (χ1v) is 8.60. The lowest BCUT2D eigenvalue weighted by Gasteiger charge is -2.06. The lowest BCUT2D eigenvalue weighted by Crippen LogP contribution is -2.28. The van der Waals surface area contributed by atoms with Crippen LogP contribution in [0.3, 0.4) is 0 Å². The van der Waals surface area contributed by atoms with Gasteiger partial charge in [-0.1, -0.05) is 0 Å². The molecule has 2 aliphatic heterocycles. The molecule has 0 aliphatic carbocycles. The second-order valence-electron chi connectivity index (χ2n) is 6.12. The van der Waals surface area contributed by atoms with E-state index in [-0.39, 0.29) is 23.4 Å². The maximum absolute atomic E-state index is 11.4. The molecular formula is C19H17N5O5. The predicted octanol–water partition coefficient (Wildman–Crippen LogP) is 0.864. The highest BCUT2D eigenvalue weighted by atomic mass is 16.2. The highest BCUT2D eigenvalue weighted by molar-refractivity contribution is 6.22. The summed E-state index contributed by atoms with van der Waals surface area (Å²) < 4.78 is 0. The number of nitrogens with one attached hydrogen (secondary N) is 4. The van der Waals surface area contributed by atoms with Gasteiger partial charge in [0.2, 0.25) is 0 Å². The van der Waals surface area contributed by atoms with E-state index in [1.54, 1.807) is 25.1 Å². The molecule has 0 bridgehead atoms. The molecule has 4 rings (SSSR count). The van der Waals surface area contributed by atoms with Crippen LogP contribution in [0.5, 0.6) is 0 Å². The van der Waals surface area contributed by atoms with Crippen molar-refractivity contribution in [2.45, 2.75) is 6.92 Å². The minimum absolute atomic E-state index is 0.282. The SMILES string of the molecule is CCNC(=O)Nc1ccc2c(c1)C(=O)NC2=O.Nc1ccc2c(c1)C(=O)NC2=O. The summed E-state index contributed by atoms with van der Waals surface area (Å²) in [6.07, 6.45) is 0. The van der Waals surface area contributed by atoms with Crippen LogP contribution in [-0.4, -0.2) is 36.2 Å². The van der Waals surface area contributed by atoms with E-state index in [2.05, 4.69) is 21.3 Å². The lowest BCUT2D eigenvalue weighted by molar-refractivity contribution is 0.0863. The number of amides is 6. The third-order valence-corrected chi connectivity index (χ3v) is 4.09. The first kappa shape index (κ1) is 19.5. The number of nitrogens with two attached hydrogens (primary N) is 1. The van der Waals surface area contributed by atoms with Gasteiger partial charge in [0.05, 0.1) is 22.3 Å². The summed E-state index contributed by atoms with van der Waals surface area (Å²) in [5.41, 5.74) is 7.77. The molecule has 2 aliphatic rings. The molecule has 29 heavy (non-hydrogen) atoms. The number of carbonyl (C=O) groups is 5. The smallest absolute Gasteiger partial charge is 0.319 e. The van der Waals surface area contributed by atoms with Crippen molar-refractivity contribution in [2.75, 3.05) is 17.6 Å². The third-order valence-electron chi connectivity index (χ3n) is 4.09. The van der Waals surface area contributed by atoms with Crippen LogP contribution in [-0.2, 0) is 0 Å². The summed E-state index contributed by atoms with van der Waals surface area (Å²) in [7, 11) is 0. The van der Waals surface area contributed by atoms with Crippen molar-refractivity contribution in [3.63, 3.8) is 0 Å². The van der Waals surface area contributed by atoms with Crippen LogP contribution in [0, 0.1) is 0 Å². The van der Waals surface area contributed by atoms with Gasteiger partial charge in [-0.15, -0.1) is 0 Å². The molecule has 2 aromatic rings. The topological polar surface area (TPSA) is 159 Å². The van der Waals surface area contributed by atoms with Gasteiger partial charge in [0.15, 0.2) is 0 Å². The zero-order valence-electron chi connectivity index (χ0n) is 15.3. The Morgan fingerprint density at radius 3 is 1.93 bits per heavy atom. The third kappa shape index (κ3) is 4.05. The van der Waals surface area contributed by atoms with E-state index >= 15 is 0 Å². The Labute approximate surface area is 164 Å². The van der Waals surface area contributed by atoms with Crippen LogP contribution in [0.1, 0.15) is 48.4 Å². The Morgan fingerprint density at radius 1 is 0.828 bits per heavy atom. The van der Waals surface area contributed by atoms with Gasteiger partial charge in [-0.05, 0) is 43.3 Å². The Balaban J connectivity index is 0.000000176. The zero-order valence-corrected chi connectivity index (χ0v) is 15.3. The number of carbonyl (C=O) groups excluding carboxylic acids is 5. The van der Waals surface area contributed by atoms with Gasteiger partial charge in [-0.2, -0.15) is 0 Å². The summed E-state index contributed by atoms with van der Waals surface area (Å²) in [6.45, 7) is 2.31. The molecule has 2 heterocycles. The maximum atomic E-state index is 11.4. The molecule has 148 valence electrons. The summed E-state index contributed by atoms with van der Waals surface area (Å²) in [5.74, 6) is -1.57. The number of urea groups is 1. The van der Waals surface area contributed by atoms with E-state index in [1.807, 2.05) is 0 Å². The minimum Gasteiger partial charge on any atom is -0.399 e. The number of nitrogen functional groups attached to an aromatic ring is 1. The normalized spacial score (nSPS) is 13.6. The summed E-state index contributed by atoms with van der Waals surface area (Å²) >= 11 is 0. The van der Waals surface area contributed by atoms with E-state index in [0.29, 0.717) is 34.6 Å². The Bertz CT molecular complexity index is 1060. The number of benzene rings is 2. The van der Waals surface area contributed by atoms with Gasteiger partial charge in [-0.25, -0.2) is 4.79 Å². The molecule has 0 aromatic heterocycles. The summed E-state index contributed by atoms with van der Waals surface area (Å²) in [5, 5.41) is 9.49. The largest absolute Gasteiger partial charge is 0.399 e. The predicted molar refractivity (Wildman–Crippen MR) is 104 cm³/mol. The molecule has 2 aromatic carbocycles. The Kier molecular flexibility index (Phi) is 5.26. The van der Waals surface area contributed by atoms with Crippen molar-refractivity contribution < 1.29 is 24.0 Å². The Morgan fingerprint density at radius 2 is 1.34 bits per heavy atom. The molecule has 0 saturated heterocycles. The van der Waals surface area contributed by atoms with Gasteiger partial charge in [-0.3, -0.25) is 29.8 Å². The van der Waals surface area contributed by atoms with Crippen molar-refractivity contribution in [2.24, 2.45) is 0 Å². The van der Waals surface area contributed by atoms with E-state index in [9.17, 15) is 24.0 Å². The van der Waals surface area contributed by atoms with Gasteiger partial charge in [0, 0.05) is 17.9 Å². The van der Waals surface area contributed by atoms with Crippen LogP contribution < -0.4 is 27.0 Å². The number of imide groups is 2. The van der Waals surface area contributed by atoms with E-state index < -0.39 is 11.8 Å². The first-order chi connectivity index (χ1) is 13.8. The molecule has 0 saturated carbocycles. The van der Waals surface area contributed by atoms with E-state index in [4.69, 9.17) is 5.73 Å². The molecule has 0 radical (unpaired) electrons. The van der Waals surface area contributed by atoms with Crippen molar-refractivity contribution >= 4 is 41.0 Å². The quantitative estimate of drug-likeness (QED) is 0.375. The van der Waals surface area contributed by atoms with Crippen molar-refractivity contribution in [3.8, 4) is 0 Å². The highest BCUT2D eigenvalue weighted by Gasteiger charge is 2.27. The molecular weight excluding hydrogens is 378 g/mol. The van der Waals surface area contributed by atoms with Crippen molar-refractivity contribution in [3.05, 3.63) is 58.7 Å². The Hall–Kier alpha value is -4.21. The number of hydrogen-bond acceptors (Lipinski definition) is 6. The van der Waals surface area contributed by atoms with Gasteiger partial charge < -0.3 is 16.4 Å². The number of rotatable bonds is 2. The molecule has 0 unspecified atom stereocenters. The molecule has 6 N–H and O–H groups in total. The van der Waals surface area contributed by atoms with Crippen molar-refractivity contribution in [1.82, 2.24) is 16.0 Å². The second kappa shape index (κ2) is 7.80. The van der Waals surface area contributed by atoms with Crippen LogP contribution in [0.15, 0.2) is 36.4 Å². The fourth-order valence-corrected chi connectivity index (χ4v) is 2.77. The maximum Gasteiger partial charge on any atom is 0.319 e. The van der Waals surface area contributed by atoms with Crippen molar-refractivity contribution in [1.29, 1.82) is 0 Å². The monoisotopic (exact) mass is 395 g/mol. The molecule has 0 atom stereocenters. The second-order valence-corrected chi connectivity index (χ2v) is 6.12. The first-order valence-electron chi connectivity index (χ1n) is 8.60. The zero-order chi connectivity index (χ0) is 21.1. The minimum atomic E-state index is -0.440. The van der Waals surface area contributed by atoms with E-state index in [0.717, 1.165) is 0 Å². The van der Waals surface area contributed by atoms with Crippen LogP contribution in [0.4, 0.5) is 16.2 Å². The molecule has 0 fully saturated rings. The summed E-state index contributed by atoms with van der Waals surface area (Å²) in [6, 6.07) is 8.85. The van der Waals surface area contributed by atoms with Gasteiger partial charge in [0.25, 0.3) is 23.6 Å².